The molecule has 0 heterocycles. The number of hydrogen-bond acceptors (Lipinski definition) is 0. The SMILES string of the molecule is C1=CC2CC=CC(C1)CC2. The Bertz CT molecular complexity index is 145. The molecule has 0 aromatic carbocycles. The summed E-state index contributed by atoms with van der Waals surface area (Å²) in [6.07, 6.45) is 14.9. The fraction of sp³-hybridized carbons (Fsp3) is 0.600. The van der Waals surface area contributed by atoms with Gasteiger partial charge in [0.25, 0.3) is 0 Å². The summed E-state index contributed by atoms with van der Waals surface area (Å²) < 4.78 is 0. The molecule has 0 heteroatoms. The van der Waals surface area contributed by atoms with Gasteiger partial charge in [0, 0.05) is 0 Å². The largest absolute Gasteiger partial charge is 0.0877 e. The highest BCUT2D eigenvalue weighted by atomic mass is 14.2. The van der Waals surface area contributed by atoms with Crippen LogP contribution in [0.3, 0.4) is 0 Å². The molecule has 0 fully saturated rings. The average Bonchev–Trinajstić information content (AvgIpc) is 2.17. The number of allylic oxidation sites excluding steroid dienone is 4. The molecule has 0 nitrogen and oxygen atoms in total. The van der Waals surface area contributed by atoms with E-state index in [9.17, 15) is 0 Å². The Hall–Kier alpha value is -0.520. The fourth-order valence-corrected chi connectivity index (χ4v) is 1.91. The molecule has 2 rings (SSSR count). The van der Waals surface area contributed by atoms with E-state index in [1.165, 1.54) is 25.7 Å². The number of rotatable bonds is 0. The van der Waals surface area contributed by atoms with Gasteiger partial charge in [0.2, 0.25) is 0 Å². The standard InChI is InChI=1S/C10H14/c1-3-9-5-2-6-10(4-1)8-7-9/h1-3,6,9-10H,4-5,7-8H2. The van der Waals surface area contributed by atoms with Crippen molar-refractivity contribution in [2.45, 2.75) is 25.7 Å². The molecule has 2 unspecified atom stereocenters. The van der Waals surface area contributed by atoms with E-state index in [0.29, 0.717) is 0 Å². The lowest BCUT2D eigenvalue weighted by molar-refractivity contribution is 0.532. The van der Waals surface area contributed by atoms with Crippen molar-refractivity contribution >= 4 is 0 Å². The Morgan fingerprint density at radius 2 is 1.30 bits per heavy atom. The molecular formula is C10H14. The Morgan fingerprint density at radius 3 is 1.80 bits per heavy atom. The van der Waals surface area contributed by atoms with Crippen LogP contribution in [0.25, 0.3) is 0 Å². The van der Waals surface area contributed by atoms with E-state index < -0.39 is 0 Å². The monoisotopic (exact) mass is 134 g/mol. The number of hydrogen-bond donors (Lipinski definition) is 0. The van der Waals surface area contributed by atoms with Crippen LogP contribution in [0.2, 0.25) is 0 Å². The van der Waals surface area contributed by atoms with Gasteiger partial charge in [-0.25, -0.2) is 0 Å². The summed E-state index contributed by atoms with van der Waals surface area (Å²) in [4.78, 5) is 0. The maximum Gasteiger partial charge on any atom is -0.0199 e. The first-order chi connectivity index (χ1) is 4.95. The van der Waals surface area contributed by atoms with Crippen molar-refractivity contribution in [3.8, 4) is 0 Å². The highest BCUT2D eigenvalue weighted by Crippen LogP contribution is 2.28. The molecule has 2 atom stereocenters. The highest BCUT2D eigenvalue weighted by molar-refractivity contribution is 5.05. The molecule has 0 saturated carbocycles. The first kappa shape index (κ1) is 6.21. The zero-order valence-electron chi connectivity index (χ0n) is 6.29. The second-order valence-corrected chi connectivity index (χ2v) is 3.43. The van der Waals surface area contributed by atoms with Crippen molar-refractivity contribution in [2.24, 2.45) is 11.8 Å². The zero-order chi connectivity index (χ0) is 6.81. The Morgan fingerprint density at radius 1 is 0.800 bits per heavy atom. The lowest BCUT2D eigenvalue weighted by Crippen LogP contribution is -1.92. The van der Waals surface area contributed by atoms with Gasteiger partial charge in [0.05, 0.1) is 0 Å². The predicted molar refractivity (Wildman–Crippen MR) is 43.7 cm³/mol. The molecule has 0 aliphatic heterocycles. The topological polar surface area (TPSA) is 0 Å². The molecule has 54 valence electrons. The van der Waals surface area contributed by atoms with E-state index in [-0.39, 0.29) is 0 Å². The third-order valence-electron chi connectivity index (χ3n) is 2.60. The summed E-state index contributed by atoms with van der Waals surface area (Å²) in [6.45, 7) is 0. The molecule has 0 spiro atoms. The summed E-state index contributed by atoms with van der Waals surface area (Å²) in [7, 11) is 0. The summed E-state index contributed by atoms with van der Waals surface area (Å²) in [5.74, 6) is 1.73. The van der Waals surface area contributed by atoms with E-state index in [1.54, 1.807) is 0 Å². The Balaban J connectivity index is 2.19. The molecule has 10 heavy (non-hydrogen) atoms. The molecule has 2 bridgehead atoms. The maximum absolute atomic E-state index is 2.41. The van der Waals surface area contributed by atoms with Crippen LogP contribution in [0.15, 0.2) is 24.3 Å². The van der Waals surface area contributed by atoms with E-state index in [0.717, 1.165) is 11.8 Å². The fourth-order valence-electron chi connectivity index (χ4n) is 1.91. The van der Waals surface area contributed by atoms with Gasteiger partial charge in [-0.05, 0) is 37.5 Å². The third kappa shape index (κ3) is 1.16. The molecule has 0 N–H and O–H groups in total. The minimum atomic E-state index is 0.865. The molecule has 2 aliphatic carbocycles. The lowest BCUT2D eigenvalue weighted by Gasteiger charge is -2.04. The maximum atomic E-state index is 2.41. The van der Waals surface area contributed by atoms with E-state index >= 15 is 0 Å². The summed E-state index contributed by atoms with van der Waals surface area (Å²) >= 11 is 0. The quantitative estimate of drug-likeness (QED) is 0.447. The van der Waals surface area contributed by atoms with Crippen LogP contribution in [-0.4, -0.2) is 0 Å². The van der Waals surface area contributed by atoms with Gasteiger partial charge < -0.3 is 0 Å². The summed E-state index contributed by atoms with van der Waals surface area (Å²) in [5, 5.41) is 0. The minimum absolute atomic E-state index is 0.865. The van der Waals surface area contributed by atoms with Crippen molar-refractivity contribution in [1.29, 1.82) is 0 Å². The van der Waals surface area contributed by atoms with Crippen molar-refractivity contribution in [3.05, 3.63) is 24.3 Å². The molecule has 2 aliphatic rings. The van der Waals surface area contributed by atoms with Gasteiger partial charge in [0.15, 0.2) is 0 Å². The van der Waals surface area contributed by atoms with Crippen LogP contribution >= 0.6 is 0 Å². The van der Waals surface area contributed by atoms with Gasteiger partial charge >= 0.3 is 0 Å². The van der Waals surface area contributed by atoms with E-state index in [2.05, 4.69) is 24.3 Å². The van der Waals surface area contributed by atoms with E-state index in [4.69, 9.17) is 0 Å². The van der Waals surface area contributed by atoms with Gasteiger partial charge in [-0.3, -0.25) is 0 Å². The molecule has 0 amide bonds. The first-order valence-electron chi connectivity index (χ1n) is 4.28. The normalized spacial score (nSPS) is 37.6. The van der Waals surface area contributed by atoms with Gasteiger partial charge in [0.1, 0.15) is 0 Å². The number of fused-ring (bicyclic) bond motifs is 3. The van der Waals surface area contributed by atoms with Crippen LogP contribution in [0.5, 0.6) is 0 Å². The van der Waals surface area contributed by atoms with Crippen LogP contribution < -0.4 is 0 Å². The average molecular weight is 134 g/mol. The summed E-state index contributed by atoms with van der Waals surface area (Å²) in [5.41, 5.74) is 0. The zero-order valence-corrected chi connectivity index (χ0v) is 6.29. The molecule has 0 saturated heterocycles. The van der Waals surface area contributed by atoms with Gasteiger partial charge in [-0.2, -0.15) is 0 Å². The van der Waals surface area contributed by atoms with Gasteiger partial charge in [-0.15, -0.1) is 0 Å². The van der Waals surface area contributed by atoms with E-state index in [1.807, 2.05) is 0 Å². The first-order valence-corrected chi connectivity index (χ1v) is 4.28. The lowest BCUT2D eigenvalue weighted by atomic mass is 10.0. The van der Waals surface area contributed by atoms with Crippen LogP contribution in [-0.2, 0) is 0 Å². The van der Waals surface area contributed by atoms with Crippen LogP contribution in [0, 0.1) is 11.8 Å². The molecule has 0 aromatic heterocycles. The van der Waals surface area contributed by atoms with Crippen molar-refractivity contribution in [2.75, 3.05) is 0 Å². The molecule has 0 radical (unpaired) electrons. The van der Waals surface area contributed by atoms with Crippen molar-refractivity contribution in [3.63, 3.8) is 0 Å². The van der Waals surface area contributed by atoms with Crippen molar-refractivity contribution < 1.29 is 0 Å². The van der Waals surface area contributed by atoms with Crippen molar-refractivity contribution in [1.82, 2.24) is 0 Å². The van der Waals surface area contributed by atoms with Crippen LogP contribution in [0.1, 0.15) is 25.7 Å². The van der Waals surface area contributed by atoms with Gasteiger partial charge in [-0.1, -0.05) is 24.3 Å². The predicted octanol–water partition coefficient (Wildman–Crippen LogP) is 2.92. The second kappa shape index (κ2) is 2.61. The Kier molecular flexibility index (Phi) is 1.62. The highest BCUT2D eigenvalue weighted by Gasteiger charge is 2.14. The minimum Gasteiger partial charge on any atom is -0.0877 e. The smallest absolute Gasteiger partial charge is 0.0199 e. The summed E-state index contributed by atoms with van der Waals surface area (Å²) in [6, 6.07) is 0. The molecular weight excluding hydrogens is 120 g/mol. The molecule has 0 aromatic rings. The second-order valence-electron chi connectivity index (χ2n) is 3.43. The van der Waals surface area contributed by atoms with Crippen LogP contribution in [0.4, 0.5) is 0 Å². The Labute approximate surface area is 62.6 Å². The third-order valence-corrected chi connectivity index (χ3v) is 2.60.